The highest BCUT2D eigenvalue weighted by atomic mass is 35.5. The van der Waals surface area contributed by atoms with Crippen molar-refractivity contribution in [3.8, 4) is 0 Å². The molecule has 3 aromatic carbocycles. The lowest BCUT2D eigenvalue weighted by Crippen LogP contribution is -2.30. The second-order valence-electron chi connectivity index (χ2n) is 8.84. The summed E-state index contributed by atoms with van der Waals surface area (Å²) in [5.41, 5.74) is 2.53. The minimum atomic E-state index is -0.524. The molecule has 7 nitrogen and oxygen atoms in total. The van der Waals surface area contributed by atoms with Crippen molar-refractivity contribution in [2.24, 2.45) is 0 Å². The Balaban J connectivity index is 1.47. The summed E-state index contributed by atoms with van der Waals surface area (Å²) in [6.45, 7) is 3.85. The highest BCUT2D eigenvalue weighted by molar-refractivity contribution is 8.00. The van der Waals surface area contributed by atoms with Gasteiger partial charge in [0, 0.05) is 32.9 Å². The molecule has 0 fully saturated rings. The van der Waals surface area contributed by atoms with E-state index in [1.165, 1.54) is 24.1 Å². The van der Waals surface area contributed by atoms with Gasteiger partial charge in [-0.1, -0.05) is 48.9 Å². The van der Waals surface area contributed by atoms with Crippen LogP contribution < -0.4 is 16.0 Å². The van der Waals surface area contributed by atoms with Crippen molar-refractivity contribution in [3.05, 3.63) is 119 Å². The van der Waals surface area contributed by atoms with Gasteiger partial charge in [0.1, 0.15) is 11.5 Å². The number of rotatable bonds is 10. The third kappa shape index (κ3) is 7.88. The van der Waals surface area contributed by atoms with Crippen molar-refractivity contribution in [1.29, 1.82) is 0 Å². The van der Waals surface area contributed by atoms with E-state index in [1.54, 1.807) is 72.8 Å². The maximum atomic E-state index is 13.2. The minimum absolute atomic E-state index is 0.0181. The fourth-order valence-corrected chi connectivity index (χ4v) is 4.92. The number of carbonyl (C=O) groups excluding carboxylic acids is 3. The summed E-state index contributed by atoms with van der Waals surface area (Å²) in [5.74, 6) is -0.678. The maximum absolute atomic E-state index is 13.2. The number of nitrogens with one attached hydrogen (secondary N) is 3. The Labute approximate surface area is 242 Å². The van der Waals surface area contributed by atoms with Crippen LogP contribution in [0.2, 0.25) is 5.02 Å². The molecule has 1 unspecified atom stereocenters. The average molecular weight is 574 g/mol. The second kappa shape index (κ2) is 13.7. The number of anilines is 2. The summed E-state index contributed by atoms with van der Waals surface area (Å²) < 4.78 is 5.35. The molecule has 4 aromatic rings. The first-order valence-corrected chi connectivity index (χ1v) is 13.8. The average Bonchev–Trinajstić information content (AvgIpc) is 3.47. The van der Waals surface area contributed by atoms with Crippen molar-refractivity contribution >= 4 is 58.5 Å². The lowest BCUT2D eigenvalue weighted by Gasteiger charge is -2.17. The predicted octanol–water partition coefficient (Wildman–Crippen LogP) is 7.16. The molecule has 1 heterocycles. The van der Waals surface area contributed by atoms with Gasteiger partial charge in [-0.05, 0) is 73.5 Å². The van der Waals surface area contributed by atoms with E-state index in [0.717, 1.165) is 10.5 Å². The lowest BCUT2D eigenvalue weighted by molar-refractivity contribution is -0.116. The molecule has 0 spiro atoms. The van der Waals surface area contributed by atoms with Gasteiger partial charge >= 0.3 is 0 Å². The minimum Gasteiger partial charge on any atom is -0.465 e. The van der Waals surface area contributed by atoms with Gasteiger partial charge in [-0.3, -0.25) is 14.4 Å². The van der Waals surface area contributed by atoms with Crippen LogP contribution in [-0.4, -0.2) is 23.0 Å². The van der Waals surface area contributed by atoms with Crippen LogP contribution in [0.15, 0.2) is 106 Å². The molecule has 3 N–H and O–H groups in total. The van der Waals surface area contributed by atoms with Crippen molar-refractivity contribution in [3.63, 3.8) is 0 Å². The Kier molecular flexibility index (Phi) is 9.83. The van der Waals surface area contributed by atoms with E-state index < -0.39 is 11.8 Å². The van der Waals surface area contributed by atoms with E-state index in [0.29, 0.717) is 34.1 Å². The van der Waals surface area contributed by atoms with Gasteiger partial charge < -0.3 is 20.4 Å². The van der Waals surface area contributed by atoms with Crippen LogP contribution in [0.25, 0.3) is 6.08 Å². The first-order valence-electron chi connectivity index (χ1n) is 12.6. The number of halogens is 1. The number of benzene rings is 3. The van der Waals surface area contributed by atoms with Crippen LogP contribution in [0.3, 0.4) is 0 Å². The summed E-state index contributed by atoms with van der Waals surface area (Å²) in [6.07, 6.45) is 3.54. The van der Waals surface area contributed by atoms with Gasteiger partial charge in [0.2, 0.25) is 5.91 Å². The van der Waals surface area contributed by atoms with Gasteiger partial charge in [0.25, 0.3) is 11.8 Å². The summed E-state index contributed by atoms with van der Waals surface area (Å²) >= 11 is 7.49. The van der Waals surface area contributed by atoms with E-state index in [4.69, 9.17) is 16.0 Å². The second-order valence-corrected chi connectivity index (χ2v) is 10.6. The number of carbonyl (C=O) groups is 3. The van der Waals surface area contributed by atoms with E-state index in [9.17, 15) is 14.4 Å². The Morgan fingerprint density at radius 1 is 0.950 bits per heavy atom. The molecule has 0 aliphatic rings. The van der Waals surface area contributed by atoms with E-state index >= 15 is 0 Å². The van der Waals surface area contributed by atoms with E-state index in [2.05, 4.69) is 16.0 Å². The fraction of sp³-hybridized carbons (Fsp3) is 0.129. The summed E-state index contributed by atoms with van der Waals surface area (Å²) in [5, 5.41) is 8.65. The monoisotopic (exact) mass is 573 g/mol. The van der Waals surface area contributed by atoms with Crippen molar-refractivity contribution in [2.75, 3.05) is 10.6 Å². The third-order valence-electron chi connectivity index (χ3n) is 5.85. The molecule has 40 heavy (non-hydrogen) atoms. The van der Waals surface area contributed by atoms with Gasteiger partial charge in [-0.25, -0.2) is 0 Å². The summed E-state index contributed by atoms with van der Waals surface area (Å²) in [6, 6.07) is 24.5. The Bertz CT molecular complexity index is 1520. The van der Waals surface area contributed by atoms with Gasteiger partial charge in [0.15, 0.2) is 0 Å². The number of amides is 3. The molecular formula is C31H28ClN3O4S. The Hall–Kier alpha value is -4.27. The highest BCUT2D eigenvalue weighted by Gasteiger charge is 2.20. The van der Waals surface area contributed by atoms with Gasteiger partial charge in [-0.2, -0.15) is 0 Å². The highest BCUT2D eigenvalue weighted by Crippen LogP contribution is 2.29. The van der Waals surface area contributed by atoms with Crippen LogP contribution >= 0.6 is 23.4 Å². The molecule has 0 radical (unpaired) electrons. The predicted molar refractivity (Wildman–Crippen MR) is 160 cm³/mol. The molecule has 0 saturated heterocycles. The smallest absolute Gasteiger partial charge is 0.272 e. The molecular weight excluding hydrogens is 546 g/mol. The van der Waals surface area contributed by atoms with Crippen molar-refractivity contribution < 1.29 is 18.8 Å². The molecule has 1 aromatic heterocycles. The molecule has 1 atom stereocenters. The molecule has 0 bridgehead atoms. The number of furan rings is 1. The zero-order chi connectivity index (χ0) is 28.5. The van der Waals surface area contributed by atoms with Crippen molar-refractivity contribution in [1.82, 2.24) is 5.32 Å². The summed E-state index contributed by atoms with van der Waals surface area (Å²) in [4.78, 5) is 39.9. The lowest BCUT2D eigenvalue weighted by atomic mass is 10.2. The van der Waals surface area contributed by atoms with Crippen LogP contribution in [0.1, 0.15) is 35.0 Å². The molecule has 4 rings (SSSR count). The molecule has 0 saturated carbocycles. The van der Waals surface area contributed by atoms with Crippen LogP contribution in [0.5, 0.6) is 0 Å². The van der Waals surface area contributed by atoms with Crippen LogP contribution in [0.4, 0.5) is 11.4 Å². The quantitative estimate of drug-likeness (QED) is 0.138. The largest absolute Gasteiger partial charge is 0.465 e. The van der Waals surface area contributed by atoms with E-state index in [1.807, 2.05) is 26.0 Å². The van der Waals surface area contributed by atoms with Gasteiger partial charge in [-0.15, -0.1) is 11.8 Å². The Morgan fingerprint density at radius 3 is 2.48 bits per heavy atom. The molecule has 3 amide bonds. The fourth-order valence-electron chi connectivity index (χ4n) is 3.73. The van der Waals surface area contributed by atoms with Gasteiger partial charge in [0.05, 0.1) is 11.5 Å². The number of thioether (sulfide) groups is 1. The zero-order valence-corrected chi connectivity index (χ0v) is 23.5. The van der Waals surface area contributed by atoms with E-state index in [-0.39, 0.29) is 16.9 Å². The SMILES string of the molecule is CCC(Sc1cccc(NC(=O)/C(=C/c2ccco2)NC(=O)c2ccccc2)c1)C(=O)Nc1cc(Cl)ccc1C. The first-order chi connectivity index (χ1) is 19.3. The normalized spacial score (nSPS) is 11.9. The van der Waals surface area contributed by atoms with Crippen LogP contribution in [-0.2, 0) is 9.59 Å². The standard InChI is InChI=1S/C31H28ClN3O4S/c1-3-28(31(38)34-26-17-22(32)15-14-20(26)2)40-25-13-7-11-23(18-25)33-30(37)27(19-24-12-8-16-39-24)35-29(36)21-9-5-4-6-10-21/h4-19,28H,3H2,1-2H3,(H,33,37)(H,34,38)(H,35,36)/b27-19-. The first kappa shape index (κ1) is 28.7. The zero-order valence-electron chi connectivity index (χ0n) is 21.9. The topological polar surface area (TPSA) is 100 Å². The van der Waals surface area contributed by atoms with Crippen molar-refractivity contribution in [2.45, 2.75) is 30.4 Å². The molecule has 204 valence electrons. The summed E-state index contributed by atoms with van der Waals surface area (Å²) in [7, 11) is 0. The number of aryl methyl sites for hydroxylation is 1. The number of hydrogen-bond donors (Lipinski definition) is 3. The molecule has 9 heteroatoms. The Morgan fingerprint density at radius 2 is 1.75 bits per heavy atom. The number of hydrogen-bond acceptors (Lipinski definition) is 5. The maximum Gasteiger partial charge on any atom is 0.272 e. The third-order valence-corrected chi connectivity index (χ3v) is 7.44. The molecule has 0 aliphatic heterocycles. The molecule has 0 aliphatic carbocycles. The van der Waals surface area contributed by atoms with Crippen LogP contribution in [0, 0.1) is 6.92 Å².